The number of esters is 1. The molecule has 3 aromatic carbocycles. The largest absolute Gasteiger partial charge is 0.491 e. The van der Waals surface area contributed by atoms with Gasteiger partial charge >= 0.3 is 5.97 Å². The van der Waals surface area contributed by atoms with Crippen LogP contribution in [0.5, 0.6) is 5.75 Å². The van der Waals surface area contributed by atoms with E-state index in [4.69, 9.17) is 9.47 Å². The van der Waals surface area contributed by atoms with E-state index in [9.17, 15) is 9.59 Å². The number of ether oxygens (including phenoxy) is 2. The number of aromatic nitrogens is 1. The van der Waals surface area contributed by atoms with Gasteiger partial charge in [-0.2, -0.15) is 0 Å². The van der Waals surface area contributed by atoms with Crippen LogP contribution in [0.25, 0.3) is 16.5 Å². The standard InChI is InChI=1S/C33H36N2O4/c1-5-38-33(37)16-11-21-39-31-15-10-9-14-30(31)34(4)32(36)22-24(2)27-17-18-29-28(23-27)19-20-35(29)25(3)26-12-7-6-8-13-26/h6-10,12-15,17-20,22-23,25H,5,11,16,21H2,1-4H3/b24-22+. The Labute approximate surface area is 230 Å². The molecule has 39 heavy (non-hydrogen) atoms. The first-order valence-electron chi connectivity index (χ1n) is 13.4. The van der Waals surface area contributed by atoms with Crippen molar-refractivity contribution < 1.29 is 19.1 Å². The van der Waals surface area contributed by atoms with Crippen LogP contribution in [0.1, 0.15) is 50.8 Å². The number of anilines is 1. The fraction of sp³-hybridized carbons (Fsp3) is 0.273. The van der Waals surface area contributed by atoms with E-state index in [0.29, 0.717) is 37.5 Å². The molecule has 0 bridgehead atoms. The summed E-state index contributed by atoms with van der Waals surface area (Å²) in [6, 6.07) is 26.5. The van der Waals surface area contributed by atoms with Gasteiger partial charge in [0.1, 0.15) is 5.75 Å². The van der Waals surface area contributed by atoms with Crippen LogP contribution in [-0.2, 0) is 14.3 Å². The highest BCUT2D eigenvalue weighted by molar-refractivity contribution is 6.06. The monoisotopic (exact) mass is 524 g/mol. The van der Waals surface area contributed by atoms with Crippen LogP contribution in [0.2, 0.25) is 0 Å². The fourth-order valence-electron chi connectivity index (χ4n) is 4.61. The van der Waals surface area contributed by atoms with E-state index in [-0.39, 0.29) is 17.9 Å². The molecule has 0 radical (unpaired) electrons. The van der Waals surface area contributed by atoms with Gasteiger partial charge < -0.3 is 18.9 Å². The number of allylic oxidation sites excluding steroid dienone is 1. The Morgan fingerprint density at radius 3 is 2.51 bits per heavy atom. The van der Waals surface area contributed by atoms with Crippen LogP contribution < -0.4 is 9.64 Å². The summed E-state index contributed by atoms with van der Waals surface area (Å²) >= 11 is 0. The summed E-state index contributed by atoms with van der Waals surface area (Å²) in [7, 11) is 1.74. The predicted octanol–water partition coefficient (Wildman–Crippen LogP) is 7.04. The third kappa shape index (κ3) is 6.77. The van der Waals surface area contributed by atoms with E-state index in [0.717, 1.165) is 22.0 Å². The van der Waals surface area contributed by atoms with Gasteiger partial charge in [0.2, 0.25) is 0 Å². The second-order valence-electron chi connectivity index (χ2n) is 9.53. The molecular formula is C33H36N2O4. The first kappa shape index (κ1) is 27.7. The van der Waals surface area contributed by atoms with E-state index in [1.807, 2.05) is 37.3 Å². The summed E-state index contributed by atoms with van der Waals surface area (Å²) in [6.07, 6.45) is 4.61. The Morgan fingerprint density at radius 2 is 1.74 bits per heavy atom. The number of carbonyl (C=O) groups is 2. The molecule has 0 fully saturated rings. The predicted molar refractivity (Wildman–Crippen MR) is 157 cm³/mol. The molecule has 1 unspecified atom stereocenters. The lowest BCUT2D eigenvalue weighted by molar-refractivity contribution is -0.143. The van der Waals surface area contributed by atoms with Crippen LogP contribution >= 0.6 is 0 Å². The van der Waals surface area contributed by atoms with Gasteiger partial charge in [0.05, 0.1) is 24.9 Å². The number of likely N-dealkylation sites (N-methyl/N-ethyl adjacent to an activating group) is 1. The zero-order valence-electron chi connectivity index (χ0n) is 23.1. The maximum absolute atomic E-state index is 13.2. The Kier molecular flexibility index (Phi) is 9.21. The molecule has 0 saturated heterocycles. The van der Waals surface area contributed by atoms with Crippen LogP contribution in [0, 0.1) is 0 Å². The molecule has 6 nitrogen and oxygen atoms in total. The van der Waals surface area contributed by atoms with Gasteiger partial charge in [-0.1, -0.05) is 48.5 Å². The van der Waals surface area contributed by atoms with Crippen LogP contribution in [-0.4, -0.2) is 36.7 Å². The van der Waals surface area contributed by atoms with Gasteiger partial charge in [-0.3, -0.25) is 9.59 Å². The van der Waals surface area contributed by atoms with Crippen molar-refractivity contribution in [2.24, 2.45) is 0 Å². The van der Waals surface area contributed by atoms with Crippen molar-refractivity contribution in [3.8, 4) is 5.75 Å². The van der Waals surface area contributed by atoms with Gasteiger partial charge in [0.15, 0.2) is 0 Å². The molecule has 1 heterocycles. The third-order valence-corrected chi connectivity index (χ3v) is 6.86. The Bertz CT molecular complexity index is 1460. The molecule has 1 atom stereocenters. The number of rotatable bonds is 11. The summed E-state index contributed by atoms with van der Waals surface area (Å²) in [6.45, 7) is 6.67. The average Bonchev–Trinajstić information content (AvgIpc) is 3.38. The first-order valence-corrected chi connectivity index (χ1v) is 13.4. The maximum Gasteiger partial charge on any atom is 0.305 e. The third-order valence-electron chi connectivity index (χ3n) is 6.86. The zero-order valence-corrected chi connectivity index (χ0v) is 23.1. The van der Waals surface area contributed by atoms with Gasteiger partial charge in [-0.05, 0) is 74.2 Å². The summed E-state index contributed by atoms with van der Waals surface area (Å²) in [5.41, 5.74) is 4.96. The molecule has 0 saturated carbocycles. The molecule has 6 heteroatoms. The highest BCUT2D eigenvalue weighted by Gasteiger charge is 2.15. The maximum atomic E-state index is 13.2. The highest BCUT2D eigenvalue weighted by atomic mass is 16.5. The lowest BCUT2D eigenvalue weighted by atomic mass is 10.0. The number of benzene rings is 3. The van der Waals surface area contributed by atoms with Crippen molar-refractivity contribution in [3.63, 3.8) is 0 Å². The lowest BCUT2D eigenvalue weighted by Gasteiger charge is -2.20. The number of carbonyl (C=O) groups excluding carboxylic acids is 2. The molecule has 0 N–H and O–H groups in total. The number of para-hydroxylation sites is 2. The number of hydrogen-bond acceptors (Lipinski definition) is 4. The van der Waals surface area contributed by atoms with Crippen molar-refractivity contribution in [1.82, 2.24) is 4.57 Å². The van der Waals surface area contributed by atoms with Crippen molar-refractivity contribution >= 4 is 34.0 Å². The van der Waals surface area contributed by atoms with Crippen molar-refractivity contribution in [2.75, 3.05) is 25.2 Å². The molecule has 1 aromatic heterocycles. The minimum Gasteiger partial charge on any atom is -0.491 e. The van der Waals surface area contributed by atoms with Gasteiger partial charge in [-0.25, -0.2) is 0 Å². The quantitative estimate of drug-likeness (QED) is 0.120. The molecule has 1 amide bonds. The van der Waals surface area contributed by atoms with E-state index in [1.165, 1.54) is 5.56 Å². The summed E-state index contributed by atoms with van der Waals surface area (Å²) in [5, 5.41) is 1.13. The fourth-order valence-corrected chi connectivity index (χ4v) is 4.61. The van der Waals surface area contributed by atoms with E-state index >= 15 is 0 Å². The van der Waals surface area contributed by atoms with E-state index < -0.39 is 0 Å². The van der Waals surface area contributed by atoms with Crippen molar-refractivity contribution in [3.05, 3.63) is 102 Å². The lowest BCUT2D eigenvalue weighted by Crippen LogP contribution is -2.25. The number of amides is 1. The summed E-state index contributed by atoms with van der Waals surface area (Å²) < 4.78 is 13.1. The van der Waals surface area contributed by atoms with Crippen LogP contribution in [0.15, 0.2) is 91.1 Å². The smallest absolute Gasteiger partial charge is 0.305 e. The van der Waals surface area contributed by atoms with Crippen molar-refractivity contribution in [1.29, 1.82) is 0 Å². The normalized spacial score (nSPS) is 12.3. The number of nitrogens with zero attached hydrogens (tertiary/aromatic N) is 2. The topological polar surface area (TPSA) is 60.8 Å². The molecule has 0 aliphatic carbocycles. The second-order valence-corrected chi connectivity index (χ2v) is 9.53. The molecule has 4 rings (SSSR count). The highest BCUT2D eigenvalue weighted by Crippen LogP contribution is 2.30. The van der Waals surface area contributed by atoms with E-state index in [2.05, 4.69) is 66.2 Å². The number of hydrogen-bond donors (Lipinski definition) is 0. The van der Waals surface area contributed by atoms with Gasteiger partial charge in [-0.15, -0.1) is 0 Å². The minimum atomic E-state index is -0.234. The SMILES string of the molecule is CCOC(=O)CCCOc1ccccc1N(C)C(=O)/C=C(\C)c1ccc2c(ccn2C(C)c2ccccc2)c1. The number of fused-ring (bicyclic) bond motifs is 1. The zero-order chi connectivity index (χ0) is 27.8. The molecule has 0 spiro atoms. The van der Waals surface area contributed by atoms with Gasteiger partial charge in [0, 0.05) is 36.6 Å². The van der Waals surface area contributed by atoms with E-state index in [1.54, 1.807) is 24.9 Å². The van der Waals surface area contributed by atoms with Gasteiger partial charge in [0.25, 0.3) is 5.91 Å². The summed E-state index contributed by atoms with van der Waals surface area (Å²) in [4.78, 5) is 26.4. The first-order chi connectivity index (χ1) is 18.9. The van der Waals surface area contributed by atoms with Crippen LogP contribution in [0.3, 0.4) is 0 Å². The second kappa shape index (κ2) is 13.0. The molecule has 202 valence electrons. The molecule has 4 aromatic rings. The molecular weight excluding hydrogens is 488 g/mol. The Balaban J connectivity index is 1.46. The van der Waals surface area contributed by atoms with Crippen LogP contribution in [0.4, 0.5) is 5.69 Å². The molecule has 0 aliphatic rings. The minimum absolute atomic E-state index is 0.148. The average molecular weight is 525 g/mol. The van der Waals surface area contributed by atoms with Crippen molar-refractivity contribution in [2.45, 2.75) is 39.7 Å². The Hall–Kier alpha value is -4.32. The Morgan fingerprint density at radius 1 is 1.00 bits per heavy atom. The summed E-state index contributed by atoms with van der Waals surface area (Å²) in [5.74, 6) is 0.215. The molecule has 0 aliphatic heterocycles.